The molecule has 0 nitrogen and oxygen atoms in total. The van der Waals surface area contributed by atoms with Crippen LogP contribution >= 0.6 is 7.92 Å². The molecule has 0 saturated heterocycles. The first-order chi connectivity index (χ1) is 21.8. The standard InChI is InChI=1S/C45H53P/c1-27(2)38-26-39(28(3)4)43(41(29(5)6)42(38)36-18-14-13-15-19-36)37-20-16-17-21-40(37)46(44-32(9)22-30(7)23-33(44)10)45-34(11)24-31(8)25-35(45)12/h13-29H,1-12H3. The lowest BCUT2D eigenvalue weighted by Gasteiger charge is -2.32. The van der Waals surface area contributed by atoms with Gasteiger partial charge in [0.15, 0.2) is 0 Å². The van der Waals surface area contributed by atoms with Crippen LogP contribution in [0, 0.1) is 41.5 Å². The first-order valence-corrected chi connectivity index (χ1v) is 18.5. The number of aryl methyl sites for hydroxylation is 6. The van der Waals surface area contributed by atoms with Gasteiger partial charge in [-0.05, 0) is 144 Å². The summed E-state index contributed by atoms with van der Waals surface area (Å²) >= 11 is 0. The van der Waals surface area contributed by atoms with Crippen LogP contribution in [0.1, 0.15) is 109 Å². The summed E-state index contributed by atoms with van der Waals surface area (Å²) in [4.78, 5) is 0. The van der Waals surface area contributed by atoms with E-state index in [0.717, 1.165) is 0 Å². The molecule has 46 heavy (non-hydrogen) atoms. The SMILES string of the molecule is Cc1cc(C)c(P(c2ccccc2-c2c(C(C)C)cc(C(C)C)c(-c3ccccc3)c2C(C)C)c2c(C)cc(C)cc2C)c(C)c1. The Labute approximate surface area is 281 Å². The fourth-order valence-electron chi connectivity index (χ4n) is 7.75. The van der Waals surface area contributed by atoms with Gasteiger partial charge in [-0.3, -0.25) is 0 Å². The van der Waals surface area contributed by atoms with Gasteiger partial charge in [0.1, 0.15) is 0 Å². The Morgan fingerprint density at radius 2 is 0.891 bits per heavy atom. The van der Waals surface area contributed by atoms with Crippen LogP contribution in [-0.4, -0.2) is 0 Å². The van der Waals surface area contributed by atoms with Crippen molar-refractivity contribution < 1.29 is 0 Å². The molecule has 0 aliphatic rings. The molecule has 0 fully saturated rings. The van der Waals surface area contributed by atoms with Gasteiger partial charge in [0, 0.05) is 0 Å². The van der Waals surface area contributed by atoms with Gasteiger partial charge < -0.3 is 0 Å². The molecule has 1 heteroatoms. The van der Waals surface area contributed by atoms with Crippen molar-refractivity contribution in [3.8, 4) is 22.3 Å². The normalized spacial score (nSPS) is 11.8. The van der Waals surface area contributed by atoms with Gasteiger partial charge >= 0.3 is 0 Å². The summed E-state index contributed by atoms with van der Waals surface area (Å²) in [6, 6.07) is 32.7. The Kier molecular flexibility index (Phi) is 10.1. The van der Waals surface area contributed by atoms with Crippen molar-refractivity contribution >= 4 is 23.8 Å². The maximum absolute atomic E-state index is 2.56. The minimum atomic E-state index is -0.846. The summed E-state index contributed by atoms with van der Waals surface area (Å²) in [7, 11) is -0.846. The van der Waals surface area contributed by atoms with E-state index in [1.54, 1.807) is 0 Å². The highest BCUT2D eigenvalue weighted by molar-refractivity contribution is 7.80. The fraction of sp³-hybridized carbons (Fsp3) is 0.333. The zero-order valence-corrected chi connectivity index (χ0v) is 31.2. The van der Waals surface area contributed by atoms with E-state index in [4.69, 9.17) is 0 Å². The lowest BCUT2D eigenvalue weighted by molar-refractivity contribution is 0.811. The Hall–Kier alpha value is -3.47. The summed E-state index contributed by atoms with van der Waals surface area (Å²) in [6.45, 7) is 28.0. The molecule has 5 rings (SSSR count). The van der Waals surface area contributed by atoms with Gasteiger partial charge in [-0.25, -0.2) is 0 Å². The van der Waals surface area contributed by atoms with E-state index in [-0.39, 0.29) is 0 Å². The van der Waals surface area contributed by atoms with Crippen molar-refractivity contribution in [2.45, 2.75) is 101 Å². The van der Waals surface area contributed by atoms with Crippen LogP contribution in [-0.2, 0) is 0 Å². The Morgan fingerprint density at radius 1 is 0.457 bits per heavy atom. The van der Waals surface area contributed by atoms with Crippen molar-refractivity contribution in [2.75, 3.05) is 0 Å². The maximum atomic E-state index is 2.56. The zero-order valence-electron chi connectivity index (χ0n) is 30.3. The average molecular weight is 625 g/mol. The molecular formula is C45H53P. The van der Waals surface area contributed by atoms with E-state index < -0.39 is 7.92 Å². The van der Waals surface area contributed by atoms with E-state index in [0.29, 0.717) is 17.8 Å². The first-order valence-electron chi connectivity index (χ1n) is 17.1. The third-order valence-corrected chi connectivity index (χ3v) is 12.6. The quantitative estimate of drug-likeness (QED) is 0.151. The Balaban J connectivity index is 1.99. The lowest BCUT2D eigenvalue weighted by Crippen LogP contribution is -2.29. The maximum Gasteiger partial charge on any atom is -0.00721 e. The third-order valence-electron chi connectivity index (χ3n) is 9.44. The van der Waals surface area contributed by atoms with Gasteiger partial charge in [0.05, 0.1) is 0 Å². The molecule has 0 radical (unpaired) electrons. The van der Waals surface area contributed by atoms with Crippen LogP contribution in [0.15, 0.2) is 84.9 Å². The largest absolute Gasteiger partial charge is 0.0622 e. The topological polar surface area (TPSA) is 0 Å². The monoisotopic (exact) mass is 624 g/mol. The molecule has 0 aliphatic heterocycles. The van der Waals surface area contributed by atoms with Crippen molar-refractivity contribution in [1.82, 2.24) is 0 Å². The molecule has 0 aliphatic carbocycles. The summed E-state index contributed by atoms with van der Waals surface area (Å²) in [5.41, 5.74) is 18.2. The minimum Gasteiger partial charge on any atom is -0.0622 e. The highest BCUT2D eigenvalue weighted by Gasteiger charge is 2.30. The fourth-order valence-corrected chi connectivity index (χ4v) is 10.8. The van der Waals surface area contributed by atoms with Gasteiger partial charge in [-0.1, -0.05) is 138 Å². The second kappa shape index (κ2) is 13.7. The predicted molar refractivity (Wildman–Crippen MR) is 207 cm³/mol. The van der Waals surface area contributed by atoms with Crippen LogP contribution in [0.3, 0.4) is 0 Å². The molecule has 0 saturated carbocycles. The van der Waals surface area contributed by atoms with Crippen LogP contribution < -0.4 is 15.9 Å². The van der Waals surface area contributed by atoms with Crippen LogP contribution in [0.25, 0.3) is 22.3 Å². The molecule has 5 aromatic carbocycles. The second-order valence-corrected chi connectivity index (χ2v) is 16.4. The summed E-state index contributed by atoms with van der Waals surface area (Å²) < 4.78 is 0. The molecule has 0 bridgehead atoms. The minimum absolute atomic E-state index is 0.353. The third kappa shape index (κ3) is 6.39. The summed E-state index contributed by atoms with van der Waals surface area (Å²) in [6.07, 6.45) is 0. The van der Waals surface area contributed by atoms with Crippen LogP contribution in [0.4, 0.5) is 0 Å². The lowest BCUT2D eigenvalue weighted by atomic mass is 9.76. The smallest absolute Gasteiger partial charge is 0.00721 e. The van der Waals surface area contributed by atoms with Crippen LogP contribution in [0.5, 0.6) is 0 Å². The second-order valence-electron chi connectivity index (χ2n) is 14.4. The van der Waals surface area contributed by atoms with E-state index in [9.17, 15) is 0 Å². The Morgan fingerprint density at radius 3 is 1.35 bits per heavy atom. The molecule has 0 amide bonds. The molecule has 0 heterocycles. The molecule has 0 unspecified atom stereocenters. The van der Waals surface area contributed by atoms with Gasteiger partial charge in [-0.2, -0.15) is 0 Å². The predicted octanol–water partition coefficient (Wildman–Crippen LogP) is 12.0. The van der Waals surface area contributed by atoms with Crippen molar-refractivity contribution in [3.63, 3.8) is 0 Å². The molecular weight excluding hydrogens is 571 g/mol. The van der Waals surface area contributed by atoms with E-state index in [1.165, 1.54) is 88.2 Å². The van der Waals surface area contributed by atoms with E-state index >= 15 is 0 Å². The molecule has 0 N–H and O–H groups in total. The number of hydrogen-bond acceptors (Lipinski definition) is 0. The number of benzene rings is 5. The van der Waals surface area contributed by atoms with Crippen molar-refractivity contribution in [2.24, 2.45) is 0 Å². The van der Waals surface area contributed by atoms with E-state index in [2.05, 4.69) is 168 Å². The number of hydrogen-bond donors (Lipinski definition) is 0. The molecule has 0 spiro atoms. The number of rotatable bonds is 8. The molecule has 238 valence electrons. The molecule has 0 aromatic heterocycles. The Bertz CT molecular complexity index is 1770. The average Bonchev–Trinajstić information content (AvgIpc) is 2.98. The zero-order chi connectivity index (χ0) is 33.4. The van der Waals surface area contributed by atoms with Crippen molar-refractivity contribution in [3.05, 3.63) is 135 Å². The summed E-state index contributed by atoms with van der Waals surface area (Å²) in [5.74, 6) is 1.16. The highest BCUT2D eigenvalue weighted by atomic mass is 31.1. The van der Waals surface area contributed by atoms with E-state index in [1.807, 2.05) is 0 Å². The first kappa shape index (κ1) is 33.9. The molecule has 5 aromatic rings. The summed E-state index contributed by atoms with van der Waals surface area (Å²) in [5, 5.41) is 4.47. The van der Waals surface area contributed by atoms with Crippen molar-refractivity contribution in [1.29, 1.82) is 0 Å². The highest BCUT2D eigenvalue weighted by Crippen LogP contribution is 2.48. The van der Waals surface area contributed by atoms with Gasteiger partial charge in [0.2, 0.25) is 0 Å². The van der Waals surface area contributed by atoms with Gasteiger partial charge in [-0.15, -0.1) is 0 Å². The van der Waals surface area contributed by atoms with Crippen LogP contribution in [0.2, 0.25) is 0 Å². The molecule has 0 atom stereocenters. The van der Waals surface area contributed by atoms with Gasteiger partial charge in [0.25, 0.3) is 0 Å².